The summed E-state index contributed by atoms with van der Waals surface area (Å²) in [5.74, 6) is 0.240. The lowest BCUT2D eigenvalue weighted by atomic mass is 10.2. The van der Waals surface area contributed by atoms with Gasteiger partial charge in [0, 0.05) is 28.4 Å². The highest BCUT2D eigenvalue weighted by atomic mass is 32.2. The first-order chi connectivity index (χ1) is 9.22. The molecule has 0 spiro atoms. The monoisotopic (exact) mass is 274 g/mol. The van der Waals surface area contributed by atoms with Crippen molar-refractivity contribution in [2.24, 2.45) is 0 Å². The lowest BCUT2D eigenvalue weighted by Crippen LogP contribution is -2.12. The molecule has 2 rings (SSSR count). The number of methoxy groups -OCH3 is 1. The van der Waals surface area contributed by atoms with E-state index in [1.165, 1.54) is 7.11 Å². The Bertz CT molecular complexity index is 587. The van der Waals surface area contributed by atoms with Crippen molar-refractivity contribution in [1.82, 2.24) is 4.98 Å². The molecule has 0 aliphatic carbocycles. The van der Waals surface area contributed by atoms with E-state index in [0.29, 0.717) is 11.4 Å². The Morgan fingerprint density at radius 2 is 2.16 bits per heavy atom. The van der Waals surface area contributed by atoms with Gasteiger partial charge in [0.2, 0.25) is 5.88 Å². The maximum atomic E-state index is 12.1. The van der Waals surface area contributed by atoms with Crippen molar-refractivity contribution in [1.29, 1.82) is 0 Å². The molecule has 1 heterocycles. The Balaban J connectivity index is 2.15. The zero-order valence-electron chi connectivity index (χ0n) is 10.7. The average molecular weight is 274 g/mol. The number of pyridine rings is 1. The molecular weight excluding hydrogens is 260 g/mol. The third-order valence-corrected chi connectivity index (χ3v) is 3.26. The van der Waals surface area contributed by atoms with E-state index in [9.17, 15) is 4.79 Å². The van der Waals surface area contributed by atoms with Crippen LogP contribution in [0.15, 0.2) is 47.5 Å². The summed E-state index contributed by atoms with van der Waals surface area (Å²) in [5.41, 5.74) is 1.29. The van der Waals surface area contributed by atoms with E-state index in [4.69, 9.17) is 4.74 Å². The summed E-state index contributed by atoms with van der Waals surface area (Å²) in [5, 5.41) is 2.85. The molecule has 1 amide bonds. The topological polar surface area (TPSA) is 51.2 Å². The molecule has 1 aromatic carbocycles. The number of anilines is 1. The maximum absolute atomic E-state index is 12.1. The summed E-state index contributed by atoms with van der Waals surface area (Å²) in [4.78, 5) is 17.2. The number of hydrogen-bond acceptors (Lipinski definition) is 4. The van der Waals surface area contributed by atoms with Gasteiger partial charge in [0.05, 0.1) is 7.11 Å². The fourth-order valence-corrected chi connectivity index (χ4v) is 2.03. The SMILES string of the molecule is COc1cc(C(=O)Nc2cccc(SC)c2)ccn1. The van der Waals surface area contributed by atoms with E-state index in [0.717, 1.165) is 10.6 Å². The van der Waals surface area contributed by atoms with Gasteiger partial charge in [-0.3, -0.25) is 4.79 Å². The largest absolute Gasteiger partial charge is 0.481 e. The molecule has 1 aromatic heterocycles. The Morgan fingerprint density at radius 1 is 1.32 bits per heavy atom. The van der Waals surface area contributed by atoms with Gasteiger partial charge in [-0.25, -0.2) is 4.98 Å². The minimum absolute atomic E-state index is 0.182. The van der Waals surface area contributed by atoms with Crippen molar-refractivity contribution in [3.63, 3.8) is 0 Å². The second-order valence-electron chi connectivity index (χ2n) is 3.77. The maximum Gasteiger partial charge on any atom is 0.255 e. The number of hydrogen-bond donors (Lipinski definition) is 1. The van der Waals surface area contributed by atoms with Crippen LogP contribution in [0, 0.1) is 0 Å². The van der Waals surface area contributed by atoms with E-state index in [1.54, 1.807) is 30.1 Å². The molecule has 19 heavy (non-hydrogen) atoms. The molecule has 0 saturated carbocycles. The van der Waals surface area contributed by atoms with E-state index in [2.05, 4.69) is 10.3 Å². The van der Waals surface area contributed by atoms with Crippen LogP contribution in [0.1, 0.15) is 10.4 Å². The molecule has 0 unspecified atom stereocenters. The summed E-state index contributed by atoms with van der Waals surface area (Å²) >= 11 is 1.63. The summed E-state index contributed by atoms with van der Waals surface area (Å²) in [6, 6.07) is 10.9. The van der Waals surface area contributed by atoms with Crippen molar-refractivity contribution in [2.75, 3.05) is 18.7 Å². The van der Waals surface area contributed by atoms with Gasteiger partial charge in [-0.05, 0) is 30.5 Å². The molecule has 0 bridgehead atoms. The molecule has 0 atom stereocenters. The molecule has 0 aliphatic rings. The molecule has 1 N–H and O–H groups in total. The highest BCUT2D eigenvalue weighted by Gasteiger charge is 2.07. The Morgan fingerprint density at radius 3 is 2.89 bits per heavy atom. The van der Waals surface area contributed by atoms with Crippen LogP contribution in [0.2, 0.25) is 0 Å². The molecule has 0 radical (unpaired) electrons. The predicted molar refractivity (Wildman–Crippen MR) is 77.0 cm³/mol. The average Bonchev–Trinajstić information content (AvgIpc) is 2.47. The minimum atomic E-state index is -0.182. The van der Waals surface area contributed by atoms with Crippen molar-refractivity contribution in [2.45, 2.75) is 4.90 Å². The number of amides is 1. The molecule has 5 heteroatoms. The highest BCUT2D eigenvalue weighted by Crippen LogP contribution is 2.19. The van der Waals surface area contributed by atoms with Crippen LogP contribution in [0.25, 0.3) is 0 Å². The van der Waals surface area contributed by atoms with Gasteiger partial charge in [0.25, 0.3) is 5.91 Å². The van der Waals surface area contributed by atoms with Crippen LogP contribution in [0.4, 0.5) is 5.69 Å². The van der Waals surface area contributed by atoms with Crippen LogP contribution in [-0.4, -0.2) is 24.3 Å². The van der Waals surface area contributed by atoms with Gasteiger partial charge < -0.3 is 10.1 Å². The van der Waals surface area contributed by atoms with Crippen LogP contribution in [0.5, 0.6) is 5.88 Å². The Labute approximate surface area is 116 Å². The predicted octanol–water partition coefficient (Wildman–Crippen LogP) is 3.06. The number of nitrogens with one attached hydrogen (secondary N) is 1. The quantitative estimate of drug-likeness (QED) is 0.871. The van der Waals surface area contributed by atoms with Gasteiger partial charge in [-0.1, -0.05) is 6.07 Å². The number of aromatic nitrogens is 1. The second kappa shape index (κ2) is 6.24. The van der Waals surface area contributed by atoms with Crippen LogP contribution < -0.4 is 10.1 Å². The van der Waals surface area contributed by atoms with Crippen molar-refractivity contribution in [3.8, 4) is 5.88 Å². The Hall–Kier alpha value is -2.01. The molecule has 0 saturated heterocycles. The zero-order chi connectivity index (χ0) is 13.7. The number of nitrogens with zero attached hydrogens (tertiary/aromatic N) is 1. The summed E-state index contributed by atoms with van der Waals surface area (Å²) in [6.07, 6.45) is 3.54. The van der Waals surface area contributed by atoms with Crippen LogP contribution in [-0.2, 0) is 0 Å². The van der Waals surface area contributed by atoms with E-state index < -0.39 is 0 Å². The lowest BCUT2D eigenvalue weighted by Gasteiger charge is -2.07. The molecular formula is C14H14N2O2S. The van der Waals surface area contributed by atoms with Gasteiger partial charge in [0.1, 0.15) is 0 Å². The third-order valence-electron chi connectivity index (χ3n) is 2.53. The van der Waals surface area contributed by atoms with Gasteiger partial charge in [-0.15, -0.1) is 11.8 Å². The molecule has 0 aliphatic heterocycles. The fraction of sp³-hybridized carbons (Fsp3) is 0.143. The normalized spacial score (nSPS) is 10.0. The van der Waals surface area contributed by atoms with Crippen molar-refractivity contribution in [3.05, 3.63) is 48.2 Å². The summed E-state index contributed by atoms with van der Waals surface area (Å²) < 4.78 is 5.00. The van der Waals surface area contributed by atoms with Gasteiger partial charge >= 0.3 is 0 Å². The highest BCUT2D eigenvalue weighted by molar-refractivity contribution is 7.98. The number of carbonyl (C=O) groups excluding carboxylic acids is 1. The first-order valence-electron chi connectivity index (χ1n) is 5.68. The van der Waals surface area contributed by atoms with E-state index >= 15 is 0 Å². The second-order valence-corrected chi connectivity index (χ2v) is 4.65. The van der Waals surface area contributed by atoms with Gasteiger partial charge in [-0.2, -0.15) is 0 Å². The first-order valence-corrected chi connectivity index (χ1v) is 6.91. The lowest BCUT2D eigenvalue weighted by molar-refractivity contribution is 0.102. The van der Waals surface area contributed by atoms with E-state index in [-0.39, 0.29) is 5.91 Å². The van der Waals surface area contributed by atoms with E-state index in [1.807, 2.05) is 30.5 Å². The van der Waals surface area contributed by atoms with Crippen molar-refractivity contribution < 1.29 is 9.53 Å². The fourth-order valence-electron chi connectivity index (χ4n) is 1.57. The smallest absolute Gasteiger partial charge is 0.255 e. The Kier molecular flexibility index (Phi) is 4.41. The summed E-state index contributed by atoms with van der Waals surface area (Å²) in [6.45, 7) is 0. The molecule has 98 valence electrons. The molecule has 4 nitrogen and oxygen atoms in total. The zero-order valence-corrected chi connectivity index (χ0v) is 11.5. The number of rotatable bonds is 4. The molecule has 2 aromatic rings. The summed E-state index contributed by atoms with van der Waals surface area (Å²) in [7, 11) is 1.52. The third kappa shape index (κ3) is 3.48. The van der Waals surface area contributed by atoms with Crippen LogP contribution >= 0.6 is 11.8 Å². The number of benzene rings is 1. The van der Waals surface area contributed by atoms with Crippen LogP contribution in [0.3, 0.4) is 0 Å². The minimum Gasteiger partial charge on any atom is -0.481 e. The van der Waals surface area contributed by atoms with Crippen molar-refractivity contribution >= 4 is 23.4 Å². The first kappa shape index (κ1) is 13.4. The molecule has 0 fully saturated rings. The standard InChI is InChI=1S/C14H14N2O2S/c1-18-13-8-10(6-7-15-13)14(17)16-11-4-3-5-12(9-11)19-2/h3-9H,1-2H3,(H,16,17). The number of ether oxygens (including phenoxy) is 1. The number of thioether (sulfide) groups is 1. The van der Waals surface area contributed by atoms with Gasteiger partial charge in [0.15, 0.2) is 0 Å². The number of carbonyl (C=O) groups is 1.